The van der Waals surface area contributed by atoms with E-state index in [0.29, 0.717) is 6.04 Å². The van der Waals surface area contributed by atoms with E-state index in [-0.39, 0.29) is 0 Å². The van der Waals surface area contributed by atoms with E-state index in [9.17, 15) is 0 Å². The van der Waals surface area contributed by atoms with E-state index in [4.69, 9.17) is 5.73 Å². The highest BCUT2D eigenvalue weighted by molar-refractivity contribution is 5.70. The predicted molar refractivity (Wildman–Crippen MR) is 75.2 cm³/mol. The van der Waals surface area contributed by atoms with Crippen LogP contribution < -0.4 is 11.1 Å². The summed E-state index contributed by atoms with van der Waals surface area (Å²) < 4.78 is 0. The molecule has 1 fully saturated rings. The van der Waals surface area contributed by atoms with Crippen LogP contribution in [0.4, 0.5) is 11.4 Å². The molecule has 0 aliphatic heterocycles. The van der Waals surface area contributed by atoms with Crippen molar-refractivity contribution in [2.24, 2.45) is 11.8 Å². The van der Waals surface area contributed by atoms with Gasteiger partial charge in [-0.1, -0.05) is 38.8 Å². The zero-order valence-corrected chi connectivity index (χ0v) is 11.2. The fourth-order valence-electron chi connectivity index (χ4n) is 2.86. The molecule has 1 saturated carbocycles. The summed E-state index contributed by atoms with van der Waals surface area (Å²) in [5.74, 6) is 1.54. The van der Waals surface area contributed by atoms with Gasteiger partial charge in [-0.25, -0.2) is 0 Å². The molecule has 17 heavy (non-hydrogen) atoms. The third-order valence-corrected chi connectivity index (χ3v) is 4.34. The van der Waals surface area contributed by atoms with E-state index < -0.39 is 0 Å². The number of nitrogens with two attached hydrogens (primary N) is 1. The standard InChI is InChI=1S/C15H24N2/c1-10-6-5-9-14(12(10)3)17-15-11(2)7-4-8-13(15)16/h4,7-8,10,12,14,17H,5-6,9,16H2,1-3H3. The molecule has 3 atom stereocenters. The van der Waals surface area contributed by atoms with Crippen LogP contribution in [0.2, 0.25) is 0 Å². The van der Waals surface area contributed by atoms with Crippen molar-refractivity contribution in [2.45, 2.75) is 46.1 Å². The predicted octanol–water partition coefficient (Wildman–Crippen LogP) is 3.81. The lowest BCUT2D eigenvalue weighted by molar-refractivity contribution is 0.253. The first-order chi connectivity index (χ1) is 8.09. The van der Waals surface area contributed by atoms with Crippen LogP contribution in [-0.4, -0.2) is 6.04 Å². The number of rotatable bonds is 2. The number of anilines is 2. The summed E-state index contributed by atoms with van der Waals surface area (Å²) in [5, 5.41) is 3.67. The Bertz CT molecular complexity index is 366. The summed E-state index contributed by atoms with van der Waals surface area (Å²) >= 11 is 0. The van der Waals surface area contributed by atoms with Crippen LogP contribution in [0.1, 0.15) is 38.7 Å². The van der Waals surface area contributed by atoms with Crippen molar-refractivity contribution in [3.8, 4) is 0 Å². The molecule has 0 saturated heterocycles. The molecule has 0 heterocycles. The molecule has 2 rings (SSSR count). The van der Waals surface area contributed by atoms with Crippen molar-refractivity contribution < 1.29 is 0 Å². The maximum absolute atomic E-state index is 6.06. The van der Waals surface area contributed by atoms with Gasteiger partial charge < -0.3 is 11.1 Å². The Labute approximate surface area is 105 Å². The van der Waals surface area contributed by atoms with Crippen molar-refractivity contribution in [3.05, 3.63) is 23.8 Å². The Hall–Kier alpha value is -1.18. The second-order valence-corrected chi connectivity index (χ2v) is 5.56. The van der Waals surface area contributed by atoms with E-state index >= 15 is 0 Å². The van der Waals surface area contributed by atoms with E-state index in [2.05, 4.69) is 32.2 Å². The Balaban J connectivity index is 2.15. The van der Waals surface area contributed by atoms with Gasteiger partial charge in [-0.2, -0.15) is 0 Å². The molecule has 1 aromatic rings. The number of hydrogen-bond donors (Lipinski definition) is 2. The lowest BCUT2D eigenvalue weighted by Crippen LogP contribution is -2.35. The van der Waals surface area contributed by atoms with Gasteiger partial charge in [0.25, 0.3) is 0 Å². The average molecular weight is 232 g/mol. The molecule has 2 heteroatoms. The van der Waals surface area contributed by atoms with Crippen molar-refractivity contribution in [3.63, 3.8) is 0 Å². The molecule has 0 spiro atoms. The van der Waals surface area contributed by atoms with Crippen LogP contribution in [0.3, 0.4) is 0 Å². The van der Waals surface area contributed by atoms with Crippen molar-refractivity contribution in [1.29, 1.82) is 0 Å². The lowest BCUT2D eigenvalue weighted by atomic mass is 9.78. The molecule has 1 aliphatic rings. The minimum Gasteiger partial charge on any atom is -0.397 e. The largest absolute Gasteiger partial charge is 0.397 e. The monoisotopic (exact) mass is 232 g/mol. The zero-order valence-electron chi connectivity index (χ0n) is 11.2. The van der Waals surface area contributed by atoms with Gasteiger partial charge in [-0.05, 0) is 36.8 Å². The summed E-state index contributed by atoms with van der Waals surface area (Å²) in [4.78, 5) is 0. The summed E-state index contributed by atoms with van der Waals surface area (Å²) in [5.41, 5.74) is 9.31. The molecular weight excluding hydrogens is 208 g/mol. The first-order valence-corrected chi connectivity index (χ1v) is 6.71. The molecule has 0 aromatic heterocycles. The first-order valence-electron chi connectivity index (χ1n) is 6.71. The number of nitrogen functional groups attached to an aromatic ring is 1. The summed E-state index contributed by atoms with van der Waals surface area (Å²) in [6.45, 7) is 6.84. The number of hydrogen-bond acceptors (Lipinski definition) is 2. The Kier molecular flexibility index (Phi) is 3.60. The first kappa shape index (κ1) is 12.3. The number of nitrogens with one attached hydrogen (secondary N) is 1. The van der Waals surface area contributed by atoms with Gasteiger partial charge in [-0.3, -0.25) is 0 Å². The molecule has 0 radical (unpaired) electrons. The van der Waals surface area contributed by atoms with Gasteiger partial charge in [0.2, 0.25) is 0 Å². The van der Waals surface area contributed by atoms with E-state index in [1.165, 1.54) is 24.8 Å². The van der Waals surface area contributed by atoms with Crippen LogP contribution in [0.25, 0.3) is 0 Å². The Morgan fingerprint density at radius 2 is 2.00 bits per heavy atom. The van der Waals surface area contributed by atoms with Crippen molar-refractivity contribution in [1.82, 2.24) is 0 Å². The quantitative estimate of drug-likeness (QED) is 0.761. The zero-order chi connectivity index (χ0) is 12.4. The van der Waals surface area contributed by atoms with Crippen LogP contribution in [0.15, 0.2) is 18.2 Å². The average Bonchev–Trinajstić information content (AvgIpc) is 2.29. The third kappa shape index (κ3) is 2.56. The summed E-state index contributed by atoms with van der Waals surface area (Å²) in [7, 11) is 0. The number of benzene rings is 1. The van der Waals surface area contributed by atoms with Crippen LogP contribution in [0, 0.1) is 18.8 Å². The highest BCUT2D eigenvalue weighted by atomic mass is 14.9. The van der Waals surface area contributed by atoms with Gasteiger partial charge in [0.1, 0.15) is 0 Å². The third-order valence-electron chi connectivity index (χ3n) is 4.34. The molecule has 1 aliphatic carbocycles. The molecule has 1 aromatic carbocycles. The number of aryl methyl sites for hydroxylation is 1. The minimum absolute atomic E-state index is 0.571. The Morgan fingerprint density at radius 3 is 2.71 bits per heavy atom. The SMILES string of the molecule is Cc1cccc(N)c1NC1CCCC(C)C1C. The maximum Gasteiger partial charge on any atom is 0.0605 e. The second-order valence-electron chi connectivity index (χ2n) is 5.56. The fraction of sp³-hybridized carbons (Fsp3) is 0.600. The molecular formula is C15H24N2. The summed E-state index contributed by atoms with van der Waals surface area (Å²) in [6.07, 6.45) is 3.96. The highest BCUT2D eigenvalue weighted by Gasteiger charge is 2.27. The Morgan fingerprint density at radius 1 is 1.24 bits per heavy atom. The molecule has 3 unspecified atom stereocenters. The molecule has 0 bridgehead atoms. The smallest absolute Gasteiger partial charge is 0.0605 e. The lowest BCUT2D eigenvalue weighted by Gasteiger charge is -2.35. The van der Waals surface area contributed by atoms with Gasteiger partial charge in [0, 0.05) is 6.04 Å². The van der Waals surface area contributed by atoms with Gasteiger partial charge in [-0.15, -0.1) is 0 Å². The molecule has 2 nitrogen and oxygen atoms in total. The van der Waals surface area contributed by atoms with Crippen molar-refractivity contribution >= 4 is 11.4 Å². The topological polar surface area (TPSA) is 38.0 Å². The minimum atomic E-state index is 0.571. The normalized spacial score (nSPS) is 29.0. The highest BCUT2D eigenvalue weighted by Crippen LogP contribution is 2.33. The van der Waals surface area contributed by atoms with E-state index in [1.807, 2.05) is 12.1 Å². The molecule has 3 N–H and O–H groups in total. The van der Waals surface area contributed by atoms with Crippen LogP contribution in [0.5, 0.6) is 0 Å². The van der Waals surface area contributed by atoms with Gasteiger partial charge in [0.05, 0.1) is 11.4 Å². The second kappa shape index (κ2) is 4.99. The van der Waals surface area contributed by atoms with E-state index in [1.54, 1.807) is 0 Å². The van der Waals surface area contributed by atoms with Crippen LogP contribution in [-0.2, 0) is 0 Å². The molecule has 0 amide bonds. The van der Waals surface area contributed by atoms with Gasteiger partial charge >= 0.3 is 0 Å². The summed E-state index contributed by atoms with van der Waals surface area (Å²) in [6, 6.07) is 6.69. The van der Waals surface area contributed by atoms with Crippen molar-refractivity contribution in [2.75, 3.05) is 11.1 Å². The van der Waals surface area contributed by atoms with E-state index in [0.717, 1.165) is 23.2 Å². The molecule has 94 valence electrons. The van der Waals surface area contributed by atoms with Crippen LogP contribution >= 0.6 is 0 Å². The van der Waals surface area contributed by atoms with Gasteiger partial charge in [0.15, 0.2) is 0 Å². The fourth-order valence-corrected chi connectivity index (χ4v) is 2.86. The number of para-hydroxylation sites is 1. The maximum atomic E-state index is 6.06.